The van der Waals surface area contributed by atoms with Gasteiger partial charge in [-0.05, 0) is 17.7 Å². The van der Waals surface area contributed by atoms with Crippen molar-refractivity contribution in [2.75, 3.05) is 0 Å². The molecule has 96 valence electrons. The van der Waals surface area contributed by atoms with E-state index in [0.717, 1.165) is 18.0 Å². The Morgan fingerprint density at radius 2 is 1.94 bits per heavy atom. The van der Waals surface area contributed by atoms with Crippen molar-refractivity contribution < 1.29 is 13.9 Å². The Labute approximate surface area is 103 Å². The minimum atomic E-state index is -0.955. The van der Waals surface area contributed by atoms with Crippen molar-refractivity contribution in [1.82, 2.24) is 14.9 Å². The number of benzene rings is 1. The Bertz CT molecular complexity index is 531. The highest BCUT2D eigenvalue weighted by Crippen LogP contribution is 2.21. The molecule has 0 unspecified atom stereocenters. The number of nitrogens with one attached hydrogen (secondary N) is 1. The summed E-state index contributed by atoms with van der Waals surface area (Å²) in [4.78, 5) is 4.11. The van der Waals surface area contributed by atoms with Crippen LogP contribution < -0.4 is 5.32 Å². The quantitative estimate of drug-likeness (QED) is 0.871. The first-order valence-corrected chi connectivity index (χ1v) is 5.41. The lowest BCUT2D eigenvalue weighted by Crippen LogP contribution is -2.16. The van der Waals surface area contributed by atoms with Crippen LogP contribution in [0.4, 0.5) is 8.78 Å². The van der Waals surface area contributed by atoms with E-state index in [9.17, 15) is 8.78 Å². The molecule has 0 atom stereocenters. The molecule has 2 N–H and O–H groups in total. The van der Waals surface area contributed by atoms with Gasteiger partial charge in [0.05, 0.1) is 6.54 Å². The lowest BCUT2D eigenvalue weighted by atomic mass is 10.2. The fourth-order valence-corrected chi connectivity index (χ4v) is 1.61. The average Bonchev–Trinajstić information content (AvgIpc) is 2.72. The molecule has 1 aromatic heterocycles. The second-order valence-electron chi connectivity index (χ2n) is 3.97. The molecule has 0 spiro atoms. The number of aromatic hydroxyl groups is 1. The molecule has 0 amide bonds. The third-order valence-corrected chi connectivity index (χ3v) is 2.61. The highest BCUT2D eigenvalue weighted by Gasteiger charge is 2.09. The van der Waals surface area contributed by atoms with Crippen LogP contribution in [-0.2, 0) is 20.1 Å². The van der Waals surface area contributed by atoms with Crippen LogP contribution in [-0.4, -0.2) is 14.7 Å². The van der Waals surface area contributed by atoms with E-state index >= 15 is 0 Å². The van der Waals surface area contributed by atoms with Crippen molar-refractivity contribution in [3.05, 3.63) is 47.5 Å². The number of phenols is 1. The molecule has 2 aromatic rings. The standard InChI is InChI=1S/C12H13F2N3O/c1-17-3-2-16-11(17)7-15-6-8-4-9(13)12(18)10(14)5-8/h2-5,15,18H,6-7H2,1H3. The zero-order valence-corrected chi connectivity index (χ0v) is 9.82. The molecule has 0 saturated carbocycles. The Morgan fingerprint density at radius 3 is 2.50 bits per heavy atom. The van der Waals surface area contributed by atoms with Crippen LogP contribution in [0.15, 0.2) is 24.5 Å². The molecule has 4 nitrogen and oxygen atoms in total. The van der Waals surface area contributed by atoms with Crippen LogP contribution in [0.3, 0.4) is 0 Å². The summed E-state index contributed by atoms with van der Waals surface area (Å²) in [5, 5.41) is 12.0. The molecule has 2 rings (SSSR count). The largest absolute Gasteiger partial charge is 0.503 e. The molecule has 0 aliphatic heterocycles. The van der Waals surface area contributed by atoms with Gasteiger partial charge in [0.15, 0.2) is 17.4 Å². The molecule has 0 saturated heterocycles. The van der Waals surface area contributed by atoms with Crippen molar-refractivity contribution in [1.29, 1.82) is 0 Å². The van der Waals surface area contributed by atoms with Gasteiger partial charge in [-0.15, -0.1) is 0 Å². The summed E-state index contributed by atoms with van der Waals surface area (Å²) in [7, 11) is 1.86. The van der Waals surface area contributed by atoms with Crippen LogP contribution in [0.25, 0.3) is 0 Å². The average molecular weight is 253 g/mol. The highest BCUT2D eigenvalue weighted by molar-refractivity contribution is 5.29. The molecular weight excluding hydrogens is 240 g/mol. The predicted octanol–water partition coefficient (Wildman–Crippen LogP) is 1.69. The van der Waals surface area contributed by atoms with Gasteiger partial charge in [0.25, 0.3) is 0 Å². The predicted molar refractivity (Wildman–Crippen MR) is 61.8 cm³/mol. The van der Waals surface area contributed by atoms with Crippen molar-refractivity contribution in [2.45, 2.75) is 13.1 Å². The Kier molecular flexibility index (Phi) is 3.57. The fourth-order valence-electron chi connectivity index (χ4n) is 1.61. The smallest absolute Gasteiger partial charge is 0.187 e. The molecule has 0 bridgehead atoms. The molecule has 1 heterocycles. The normalized spacial score (nSPS) is 10.8. The van der Waals surface area contributed by atoms with Crippen LogP contribution in [0.5, 0.6) is 5.75 Å². The van der Waals surface area contributed by atoms with E-state index in [2.05, 4.69) is 10.3 Å². The van der Waals surface area contributed by atoms with E-state index in [1.807, 2.05) is 17.8 Å². The van der Waals surface area contributed by atoms with Crippen molar-refractivity contribution >= 4 is 0 Å². The van der Waals surface area contributed by atoms with Crippen LogP contribution in [0.2, 0.25) is 0 Å². The van der Waals surface area contributed by atoms with Gasteiger partial charge >= 0.3 is 0 Å². The summed E-state index contributed by atoms with van der Waals surface area (Å²) in [5.41, 5.74) is 0.428. The molecular formula is C12H13F2N3O. The lowest BCUT2D eigenvalue weighted by Gasteiger charge is -2.06. The summed E-state index contributed by atoms with van der Waals surface area (Å²) in [6.07, 6.45) is 3.49. The molecule has 0 radical (unpaired) electrons. The second kappa shape index (κ2) is 5.14. The second-order valence-corrected chi connectivity index (χ2v) is 3.97. The summed E-state index contributed by atoms with van der Waals surface area (Å²) < 4.78 is 28.0. The number of imidazole rings is 1. The van der Waals surface area contributed by atoms with Crippen molar-refractivity contribution in [3.63, 3.8) is 0 Å². The van der Waals surface area contributed by atoms with Crippen molar-refractivity contribution in [3.8, 4) is 5.75 Å². The number of aromatic nitrogens is 2. The van der Waals surface area contributed by atoms with Gasteiger partial charge in [-0.2, -0.15) is 0 Å². The summed E-state index contributed by atoms with van der Waals surface area (Å²) in [6.45, 7) is 0.786. The van der Waals surface area contributed by atoms with Crippen LogP contribution >= 0.6 is 0 Å². The van der Waals surface area contributed by atoms with Gasteiger partial charge in [0.1, 0.15) is 5.82 Å². The SMILES string of the molecule is Cn1ccnc1CNCc1cc(F)c(O)c(F)c1. The maximum Gasteiger partial charge on any atom is 0.187 e. The van der Waals surface area contributed by atoms with Gasteiger partial charge < -0.3 is 15.0 Å². The summed E-state index contributed by atoms with van der Waals surface area (Å²) in [5.74, 6) is -2.02. The van der Waals surface area contributed by atoms with Crippen molar-refractivity contribution in [2.24, 2.45) is 7.05 Å². The van der Waals surface area contributed by atoms with E-state index in [1.54, 1.807) is 6.20 Å². The third-order valence-electron chi connectivity index (χ3n) is 2.61. The van der Waals surface area contributed by atoms with Gasteiger partial charge in [0.2, 0.25) is 0 Å². The van der Waals surface area contributed by atoms with Gasteiger partial charge in [-0.25, -0.2) is 13.8 Å². The Hall–Kier alpha value is -1.95. The Morgan fingerprint density at radius 1 is 1.28 bits per heavy atom. The summed E-state index contributed by atoms with van der Waals surface area (Å²) >= 11 is 0. The van der Waals surface area contributed by atoms with E-state index in [0.29, 0.717) is 18.7 Å². The van der Waals surface area contributed by atoms with Crippen LogP contribution in [0.1, 0.15) is 11.4 Å². The maximum atomic E-state index is 13.1. The summed E-state index contributed by atoms with van der Waals surface area (Å²) in [6, 6.07) is 2.20. The first kappa shape index (κ1) is 12.5. The number of hydrogen-bond donors (Lipinski definition) is 2. The number of halogens is 2. The minimum absolute atomic E-state index is 0.293. The Balaban J connectivity index is 1.97. The van der Waals surface area contributed by atoms with E-state index in [4.69, 9.17) is 5.11 Å². The monoisotopic (exact) mass is 253 g/mol. The maximum absolute atomic E-state index is 13.1. The van der Waals surface area contributed by atoms with Gasteiger partial charge in [-0.3, -0.25) is 0 Å². The van der Waals surface area contributed by atoms with Crippen LogP contribution in [0, 0.1) is 11.6 Å². The fraction of sp³-hybridized carbons (Fsp3) is 0.250. The first-order valence-electron chi connectivity index (χ1n) is 5.41. The molecule has 1 aromatic carbocycles. The number of phenolic OH excluding ortho intramolecular Hbond substituents is 1. The van der Waals surface area contributed by atoms with Gasteiger partial charge in [-0.1, -0.05) is 0 Å². The van der Waals surface area contributed by atoms with E-state index in [1.165, 1.54) is 0 Å². The molecule has 0 aliphatic carbocycles. The highest BCUT2D eigenvalue weighted by atomic mass is 19.1. The third kappa shape index (κ3) is 2.65. The molecule has 0 fully saturated rings. The topological polar surface area (TPSA) is 50.1 Å². The first-order chi connectivity index (χ1) is 8.58. The van der Waals surface area contributed by atoms with E-state index in [-0.39, 0.29) is 0 Å². The zero-order valence-electron chi connectivity index (χ0n) is 9.82. The zero-order chi connectivity index (χ0) is 13.1. The minimum Gasteiger partial charge on any atom is -0.503 e. The van der Waals surface area contributed by atoms with E-state index < -0.39 is 17.4 Å². The number of aryl methyl sites for hydroxylation is 1. The number of rotatable bonds is 4. The lowest BCUT2D eigenvalue weighted by molar-refractivity contribution is 0.395. The number of hydrogen-bond acceptors (Lipinski definition) is 3. The number of nitrogens with zero attached hydrogens (tertiary/aromatic N) is 2. The molecule has 18 heavy (non-hydrogen) atoms. The molecule has 0 aliphatic rings. The van der Waals surface area contributed by atoms with Gasteiger partial charge in [0, 0.05) is 26.0 Å². The molecule has 6 heteroatoms.